The van der Waals surface area contributed by atoms with E-state index >= 15 is 0 Å². The maximum absolute atomic E-state index is 11.9. The smallest absolute Gasteiger partial charge is 0.251 e. The van der Waals surface area contributed by atoms with Crippen molar-refractivity contribution in [2.45, 2.75) is 6.42 Å². The van der Waals surface area contributed by atoms with Crippen LogP contribution in [-0.4, -0.2) is 17.4 Å². The number of hydrogen-bond acceptors (Lipinski definition) is 3. The summed E-state index contributed by atoms with van der Waals surface area (Å²) in [7, 11) is 0. The van der Waals surface area contributed by atoms with Crippen molar-refractivity contribution in [3.8, 4) is 0 Å². The standard InChI is InChI=1S/C14H14ClN3O/c15-12-9-11(1-2-13(12)16)14(19)18-8-5-10-3-6-17-7-4-10/h1-4,6-7,9H,5,8,16H2,(H,18,19). The number of anilines is 1. The Kier molecular flexibility index (Phi) is 4.36. The number of nitrogens with one attached hydrogen (secondary N) is 1. The Morgan fingerprint density at radius 1 is 1.26 bits per heavy atom. The van der Waals surface area contributed by atoms with Gasteiger partial charge in [0.1, 0.15) is 0 Å². The molecule has 0 aliphatic heterocycles. The lowest BCUT2D eigenvalue weighted by molar-refractivity contribution is 0.0954. The van der Waals surface area contributed by atoms with Crippen LogP contribution >= 0.6 is 11.6 Å². The second kappa shape index (κ2) is 6.20. The Hall–Kier alpha value is -2.07. The molecule has 98 valence electrons. The van der Waals surface area contributed by atoms with E-state index in [4.69, 9.17) is 17.3 Å². The SMILES string of the molecule is Nc1ccc(C(=O)NCCc2ccncc2)cc1Cl. The van der Waals surface area contributed by atoms with Gasteiger partial charge in [0.25, 0.3) is 5.91 Å². The van der Waals surface area contributed by atoms with Crippen molar-refractivity contribution in [1.82, 2.24) is 10.3 Å². The van der Waals surface area contributed by atoms with E-state index in [2.05, 4.69) is 10.3 Å². The largest absolute Gasteiger partial charge is 0.398 e. The summed E-state index contributed by atoms with van der Waals surface area (Å²) < 4.78 is 0. The molecule has 2 aromatic rings. The van der Waals surface area contributed by atoms with Crippen molar-refractivity contribution in [3.05, 3.63) is 58.9 Å². The van der Waals surface area contributed by atoms with Crippen LogP contribution in [0.4, 0.5) is 5.69 Å². The molecule has 3 N–H and O–H groups in total. The first-order chi connectivity index (χ1) is 9.16. The summed E-state index contributed by atoms with van der Waals surface area (Å²) in [6, 6.07) is 8.69. The number of carbonyl (C=O) groups excluding carboxylic acids is 1. The highest BCUT2D eigenvalue weighted by Crippen LogP contribution is 2.19. The molecular formula is C14H14ClN3O. The third-order valence-corrected chi connectivity index (χ3v) is 3.04. The van der Waals surface area contributed by atoms with E-state index < -0.39 is 0 Å². The number of rotatable bonds is 4. The summed E-state index contributed by atoms with van der Waals surface area (Å²) in [6.45, 7) is 0.560. The van der Waals surface area contributed by atoms with Gasteiger partial charge in [0.15, 0.2) is 0 Å². The van der Waals surface area contributed by atoms with Crippen LogP contribution in [-0.2, 0) is 6.42 Å². The van der Waals surface area contributed by atoms with Gasteiger partial charge in [-0.05, 0) is 42.3 Å². The highest BCUT2D eigenvalue weighted by atomic mass is 35.5. The first kappa shape index (κ1) is 13.4. The molecule has 1 amide bonds. The van der Waals surface area contributed by atoms with Crippen molar-refractivity contribution in [2.75, 3.05) is 12.3 Å². The molecule has 0 bridgehead atoms. The Morgan fingerprint density at radius 2 is 2.00 bits per heavy atom. The highest BCUT2D eigenvalue weighted by Gasteiger charge is 2.06. The van der Waals surface area contributed by atoms with Crippen molar-refractivity contribution >= 4 is 23.2 Å². The number of aromatic nitrogens is 1. The zero-order valence-corrected chi connectivity index (χ0v) is 11.0. The summed E-state index contributed by atoms with van der Waals surface area (Å²) >= 11 is 5.88. The van der Waals surface area contributed by atoms with Gasteiger partial charge in [0.05, 0.1) is 10.7 Å². The lowest BCUT2D eigenvalue weighted by atomic mass is 10.1. The molecule has 0 aliphatic rings. The van der Waals surface area contributed by atoms with Gasteiger partial charge in [-0.2, -0.15) is 0 Å². The first-order valence-electron chi connectivity index (χ1n) is 5.89. The zero-order chi connectivity index (χ0) is 13.7. The summed E-state index contributed by atoms with van der Waals surface area (Å²) in [5, 5.41) is 3.23. The number of nitrogen functional groups attached to an aromatic ring is 1. The third kappa shape index (κ3) is 3.69. The fourth-order valence-corrected chi connectivity index (χ4v) is 1.82. The summed E-state index contributed by atoms with van der Waals surface area (Å²) in [5.41, 5.74) is 7.70. The van der Waals surface area contributed by atoms with E-state index in [1.54, 1.807) is 30.6 Å². The van der Waals surface area contributed by atoms with Crippen LogP contribution in [0, 0.1) is 0 Å². The van der Waals surface area contributed by atoms with Crippen molar-refractivity contribution < 1.29 is 4.79 Å². The molecule has 0 atom stereocenters. The minimum atomic E-state index is -0.157. The van der Waals surface area contributed by atoms with E-state index in [1.807, 2.05) is 12.1 Å². The third-order valence-electron chi connectivity index (χ3n) is 2.71. The molecule has 4 nitrogen and oxygen atoms in total. The Balaban J connectivity index is 1.89. The minimum absolute atomic E-state index is 0.157. The molecule has 1 aromatic carbocycles. The number of nitrogens with zero attached hydrogens (tertiary/aromatic N) is 1. The normalized spacial score (nSPS) is 10.2. The summed E-state index contributed by atoms with van der Waals surface area (Å²) in [6.07, 6.45) is 4.23. The van der Waals surface area contributed by atoms with Crippen molar-refractivity contribution in [1.29, 1.82) is 0 Å². The summed E-state index contributed by atoms with van der Waals surface area (Å²) in [4.78, 5) is 15.8. The van der Waals surface area contributed by atoms with E-state index in [-0.39, 0.29) is 5.91 Å². The van der Waals surface area contributed by atoms with Gasteiger partial charge in [0.2, 0.25) is 0 Å². The lowest BCUT2D eigenvalue weighted by Crippen LogP contribution is -2.25. The van der Waals surface area contributed by atoms with Crippen LogP contribution in [0.3, 0.4) is 0 Å². The Bertz CT molecular complexity index is 572. The van der Waals surface area contributed by atoms with Gasteiger partial charge in [-0.3, -0.25) is 9.78 Å². The molecular weight excluding hydrogens is 262 g/mol. The average molecular weight is 276 g/mol. The van der Waals surface area contributed by atoms with Crippen LogP contribution in [0.15, 0.2) is 42.7 Å². The molecule has 1 aromatic heterocycles. The van der Waals surface area contributed by atoms with Crippen molar-refractivity contribution in [3.63, 3.8) is 0 Å². The van der Waals surface area contributed by atoms with Crippen molar-refractivity contribution in [2.24, 2.45) is 0 Å². The van der Waals surface area contributed by atoms with Crippen LogP contribution in [0.25, 0.3) is 0 Å². The maximum Gasteiger partial charge on any atom is 0.251 e. The van der Waals surface area contributed by atoms with Gasteiger partial charge in [-0.15, -0.1) is 0 Å². The molecule has 2 rings (SSSR count). The first-order valence-corrected chi connectivity index (χ1v) is 6.27. The highest BCUT2D eigenvalue weighted by molar-refractivity contribution is 6.33. The number of benzene rings is 1. The van der Waals surface area contributed by atoms with Crippen LogP contribution in [0.5, 0.6) is 0 Å². The lowest BCUT2D eigenvalue weighted by Gasteiger charge is -2.06. The van der Waals surface area contributed by atoms with Gasteiger partial charge in [-0.25, -0.2) is 0 Å². The number of hydrogen-bond donors (Lipinski definition) is 2. The van der Waals surface area contributed by atoms with E-state index in [0.29, 0.717) is 22.8 Å². The van der Waals surface area contributed by atoms with Gasteiger partial charge in [0, 0.05) is 24.5 Å². The molecule has 0 aliphatic carbocycles. The molecule has 0 unspecified atom stereocenters. The van der Waals surface area contributed by atoms with E-state index in [1.165, 1.54) is 0 Å². The van der Waals surface area contributed by atoms with Crippen LogP contribution < -0.4 is 11.1 Å². The Morgan fingerprint density at radius 3 is 2.68 bits per heavy atom. The molecule has 0 fully saturated rings. The number of amides is 1. The number of nitrogens with two attached hydrogens (primary N) is 1. The number of halogens is 1. The number of pyridine rings is 1. The van der Waals surface area contributed by atoms with Crippen LogP contribution in [0.2, 0.25) is 5.02 Å². The topological polar surface area (TPSA) is 68.0 Å². The average Bonchev–Trinajstić information content (AvgIpc) is 2.43. The maximum atomic E-state index is 11.9. The van der Waals surface area contributed by atoms with Crippen LogP contribution in [0.1, 0.15) is 15.9 Å². The molecule has 0 spiro atoms. The second-order valence-electron chi connectivity index (χ2n) is 4.10. The Labute approximate surface area is 116 Å². The van der Waals surface area contributed by atoms with Gasteiger partial charge < -0.3 is 11.1 Å². The van der Waals surface area contributed by atoms with Gasteiger partial charge >= 0.3 is 0 Å². The molecule has 0 saturated heterocycles. The molecule has 19 heavy (non-hydrogen) atoms. The quantitative estimate of drug-likeness (QED) is 0.841. The molecule has 5 heteroatoms. The summed E-state index contributed by atoms with van der Waals surface area (Å²) in [5.74, 6) is -0.157. The fraction of sp³-hybridized carbons (Fsp3) is 0.143. The molecule has 0 radical (unpaired) electrons. The second-order valence-corrected chi connectivity index (χ2v) is 4.50. The monoisotopic (exact) mass is 275 g/mol. The predicted octanol–water partition coefficient (Wildman–Crippen LogP) is 2.29. The van der Waals surface area contributed by atoms with E-state index in [9.17, 15) is 4.79 Å². The van der Waals surface area contributed by atoms with E-state index in [0.717, 1.165) is 12.0 Å². The van der Waals surface area contributed by atoms with Gasteiger partial charge in [-0.1, -0.05) is 11.6 Å². The number of carbonyl (C=O) groups is 1. The zero-order valence-electron chi connectivity index (χ0n) is 10.3. The molecule has 0 saturated carbocycles. The molecule has 1 heterocycles. The predicted molar refractivity (Wildman–Crippen MR) is 76.1 cm³/mol. The fourth-order valence-electron chi connectivity index (χ4n) is 1.64. The minimum Gasteiger partial charge on any atom is -0.398 e.